The molecule has 104 valence electrons. The summed E-state index contributed by atoms with van der Waals surface area (Å²) in [6.45, 7) is 3.26. The molecule has 1 amide bonds. The van der Waals surface area contributed by atoms with E-state index in [4.69, 9.17) is 0 Å². The van der Waals surface area contributed by atoms with Crippen LogP contribution in [-0.2, 0) is 4.79 Å². The Hall–Kier alpha value is -1.43. The number of hydrogen-bond acceptors (Lipinski definition) is 2. The van der Waals surface area contributed by atoms with E-state index in [9.17, 15) is 19.1 Å². The number of hydrogen-bond donors (Lipinski definition) is 2. The second-order valence-corrected chi connectivity index (χ2v) is 5.32. The van der Waals surface area contributed by atoms with Crippen LogP contribution in [0, 0.1) is 5.82 Å². The van der Waals surface area contributed by atoms with Crippen LogP contribution in [-0.4, -0.2) is 22.5 Å². The maximum absolute atomic E-state index is 13.1. The Kier molecular flexibility index (Phi) is 5.05. The van der Waals surface area contributed by atoms with Crippen molar-refractivity contribution in [2.45, 2.75) is 32.2 Å². The molecule has 0 saturated carbocycles. The molecule has 4 nitrogen and oxygen atoms in total. The van der Waals surface area contributed by atoms with Crippen LogP contribution >= 0.6 is 15.9 Å². The zero-order chi connectivity index (χ0) is 14.6. The lowest BCUT2D eigenvalue weighted by Crippen LogP contribution is -2.52. The van der Waals surface area contributed by atoms with Crippen LogP contribution in [0.3, 0.4) is 0 Å². The molecule has 1 unspecified atom stereocenters. The molecule has 1 aromatic carbocycles. The van der Waals surface area contributed by atoms with Gasteiger partial charge in [-0.15, -0.1) is 0 Å². The van der Waals surface area contributed by atoms with E-state index in [-0.39, 0.29) is 5.56 Å². The van der Waals surface area contributed by atoms with E-state index in [0.717, 1.165) is 6.07 Å². The van der Waals surface area contributed by atoms with Crippen LogP contribution < -0.4 is 5.32 Å². The Morgan fingerprint density at radius 1 is 1.47 bits per heavy atom. The summed E-state index contributed by atoms with van der Waals surface area (Å²) in [5.41, 5.74) is -1.29. The Labute approximate surface area is 119 Å². The quantitative estimate of drug-likeness (QED) is 0.871. The van der Waals surface area contributed by atoms with Crippen molar-refractivity contribution in [2.75, 3.05) is 0 Å². The molecule has 2 N–H and O–H groups in total. The largest absolute Gasteiger partial charge is 0.480 e. The van der Waals surface area contributed by atoms with Crippen molar-refractivity contribution in [3.05, 3.63) is 34.1 Å². The molecule has 0 aliphatic carbocycles. The van der Waals surface area contributed by atoms with Gasteiger partial charge >= 0.3 is 5.97 Å². The first-order valence-electron chi connectivity index (χ1n) is 5.81. The van der Waals surface area contributed by atoms with Gasteiger partial charge < -0.3 is 10.4 Å². The maximum Gasteiger partial charge on any atom is 0.329 e. The van der Waals surface area contributed by atoms with Gasteiger partial charge in [-0.1, -0.05) is 13.3 Å². The minimum absolute atomic E-state index is 0.0728. The highest BCUT2D eigenvalue weighted by Gasteiger charge is 2.34. The van der Waals surface area contributed by atoms with Crippen molar-refractivity contribution in [2.24, 2.45) is 0 Å². The number of halogens is 2. The van der Waals surface area contributed by atoms with Crippen LogP contribution in [0.15, 0.2) is 22.7 Å². The lowest BCUT2D eigenvalue weighted by Gasteiger charge is -2.26. The number of aliphatic carboxylic acids is 1. The number of carbonyl (C=O) groups excluding carboxylic acids is 1. The summed E-state index contributed by atoms with van der Waals surface area (Å²) in [5, 5.41) is 11.6. The van der Waals surface area contributed by atoms with E-state index < -0.39 is 23.2 Å². The number of benzene rings is 1. The van der Waals surface area contributed by atoms with Crippen LogP contribution in [0.1, 0.15) is 37.0 Å². The van der Waals surface area contributed by atoms with Crippen LogP contribution in [0.5, 0.6) is 0 Å². The van der Waals surface area contributed by atoms with Crippen molar-refractivity contribution in [1.82, 2.24) is 5.32 Å². The zero-order valence-corrected chi connectivity index (χ0v) is 12.3. The van der Waals surface area contributed by atoms with Crippen LogP contribution in [0.2, 0.25) is 0 Å². The van der Waals surface area contributed by atoms with E-state index in [1.165, 1.54) is 19.1 Å². The summed E-state index contributed by atoms with van der Waals surface area (Å²) >= 11 is 3.14. The number of amides is 1. The number of carboxylic acid groups (broad SMARTS) is 1. The molecule has 6 heteroatoms. The van der Waals surface area contributed by atoms with Crippen molar-refractivity contribution in [1.29, 1.82) is 0 Å². The molecule has 0 spiro atoms. The predicted molar refractivity (Wildman–Crippen MR) is 72.5 cm³/mol. The van der Waals surface area contributed by atoms with Gasteiger partial charge in [0.25, 0.3) is 5.91 Å². The molecule has 0 aliphatic rings. The smallest absolute Gasteiger partial charge is 0.329 e. The third-order valence-corrected chi connectivity index (χ3v) is 3.48. The zero-order valence-electron chi connectivity index (χ0n) is 10.7. The van der Waals surface area contributed by atoms with Gasteiger partial charge in [-0.25, -0.2) is 9.18 Å². The van der Waals surface area contributed by atoms with Gasteiger partial charge in [0.2, 0.25) is 0 Å². The highest BCUT2D eigenvalue weighted by Crippen LogP contribution is 2.20. The van der Waals surface area contributed by atoms with E-state index in [1.807, 2.05) is 6.92 Å². The topological polar surface area (TPSA) is 66.4 Å². The molecule has 0 aliphatic heterocycles. The molecule has 0 saturated heterocycles. The third kappa shape index (κ3) is 3.76. The molecule has 1 rings (SSSR count). The van der Waals surface area contributed by atoms with E-state index in [1.54, 1.807) is 0 Å². The van der Waals surface area contributed by atoms with Gasteiger partial charge in [0.1, 0.15) is 11.4 Å². The van der Waals surface area contributed by atoms with Gasteiger partial charge in [-0.05, 0) is 47.5 Å². The number of carbonyl (C=O) groups is 2. The van der Waals surface area contributed by atoms with Crippen LogP contribution in [0.4, 0.5) is 4.39 Å². The summed E-state index contributed by atoms with van der Waals surface area (Å²) in [7, 11) is 0. The Bertz CT molecular complexity index is 507. The first-order valence-corrected chi connectivity index (χ1v) is 6.60. The molecule has 0 bridgehead atoms. The molecular formula is C13H15BrFNO3. The maximum atomic E-state index is 13.1. The van der Waals surface area contributed by atoms with Crippen molar-refractivity contribution in [3.63, 3.8) is 0 Å². The highest BCUT2D eigenvalue weighted by molar-refractivity contribution is 9.10. The fourth-order valence-corrected chi connectivity index (χ4v) is 2.14. The fraction of sp³-hybridized carbons (Fsp3) is 0.385. The summed E-state index contributed by atoms with van der Waals surface area (Å²) in [6.07, 6.45) is 0.897. The summed E-state index contributed by atoms with van der Waals surface area (Å²) < 4.78 is 13.5. The SMILES string of the molecule is CCCC(C)(NC(=O)c1cc(F)ccc1Br)C(=O)O. The third-order valence-electron chi connectivity index (χ3n) is 2.78. The number of carboxylic acids is 1. The molecule has 19 heavy (non-hydrogen) atoms. The van der Waals surface area contributed by atoms with E-state index in [0.29, 0.717) is 17.3 Å². The summed E-state index contributed by atoms with van der Waals surface area (Å²) in [5.74, 6) is -2.29. The molecular weight excluding hydrogens is 317 g/mol. The van der Waals surface area contributed by atoms with E-state index in [2.05, 4.69) is 21.2 Å². The van der Waals surface area contributed by atoms with Gasteiger partial charge in [0, 0.05) is 4.47 Å². The second kappa shape index (κ2) is 6.14. The molecule has 0 fully saturated rings. The minimum Gasteiger partial charge on any atom is -0.480 e. The highest BCUT2D eigenvalue weighted by atomic mass is 79.9. The van der Waals surface area contributed by atoms with Gasteiger partial charge in [0.05, 0.1) is 5.56 Å². The Morgan fingerprint density at radius 3 is 2.63 bits per heavy atom. The summed E-state index contributed by atoms with van der Waals surface area (Å²) in [4.78, 5) is 23.3. The molecule has 1 aromatic rings. The molecule has 0 aromatic heterocycles. The van der Waals surface area contributed by atoms with Crippen molar-refractivity contribution in [3.8, 4) is 0 Å². The first-order chi connectivity index (χ1) is 8.80. The molecule has 1 atom stereocenters. The average molecular weight is 332 g/mol. The second-order valence-electron chi connectivity index (χ2n) is 4.47. The normalized spacial score (nSPS) is 13.7. The Balaban J connectivity index is 3.00. The fourth-order valence-electron chi connectivity index (χ4n) is 1.71. The van der Waals surface area contributed by atoms with Gasteiger partial charge in [0.15, 0.2) is 0 Å². The summed E-state index contributed by atoms with van der Waals surface area (Å²) in [6, 6.07) is 3.68. The van der Waals surface area contributed by atoms with Crippen molar-refractivity contribution >= 4 is 27.8 Å². The van der Waals surface area contributed by atoms with Crippen LogP contribution in [0.25, 0.3) is 0 Å². The first kappa shape index (κ1) is 15.6. The van der Waals surface area contributed by atoms with Crippen molar-refractivity contribution < 1.29 is 19.1 Å². The standard InChI is InChI=1S/C13H15BrFNO3/c1-3-6-13(2,12(18)19)16-11(17)9-7-8(15)4-5-10(9)14/h4-5,7H,3,6H2,1-2H3,(H,16,17)(H,18,19). The number of nitrogens with one attached hydrogen (secondary N) is 1. The van der Waals surface area contributed by atoms with Gasteiger partial charge in [-0.3, -0.25) is 4.79 Å². The average Bonchev–Trinajstić information content (AvgIpc) is 2.32. The predicted octanol–water partition coefficient (Wildman–Crippen LogP) is 2.96. The molecule has 0 radical (unpaired) electrons. The lowest BCUT2D eigenvalue weighted by atomic mass is 9.95. The number of rotatable bonds is 5. The monoisotopic (exact) mass is 331 g/mol. The van der Waals surface area contributed by atoms with E-state index >= 15 is 0 Å². The Morgan fingerprint density at radius 2 is 2.11 bits per heavy atom. The molecule has 0 heterocycles. The minimum atomic E-state index is -1.36. The lowest BCUT2D eigenvalue weighted by molar-refractivity contribution is -0.144. The van der Waals surface area contributed by atoms with Gasteiger partial charge in [-0.2, -0.15) is 0 Å².